The summed E-state index contributed by atoms with van der Waals surface area (Å²) in [5.41, 5.74) is 0.662. The van der Waals surface area contributed by atoms with Crippen LogP contribution < -0.4 is 5.32 Å². The van der Waals surface area contributed by atoms with Crippen molar-refractivity contribution in [2.45, 2.75) is 25.4 Å². The van der Waals surface area contributed by atoms with Crippen LogP contribution in [0.3, 0.4) is 0 Å². The zero-order chi connectivity index (χ0) is 16.9. The number of carbonyl (C=O) groups is 1. The molecule has 24 heavy (non-hydrogen) atoms. The van der Waals surface area contributed by atoms with Gasteiger partial charge in [0.15, 0.2) is 0 Å². The van der Waals surface area contributed by atoms with E-state index in [9.17, 15) is 4.79 Å². The summed E-state index contributed by atoms with van der Waals surface area (Å²) >= 11 is 11.9. The zero-order valence-corrected chi connectivity index (χ0v) is 15.2. The van der Waals surface area contributed by atoms with Crippen LogP contribution in [-0.2, 0) is 4.74 Å². The van der Waals surface area contributed by atoms with Crippen molar-refractivity contribution in [2.24, 2.45) is 0 Å². The molecule has 0 aliphatic carbocycles. The van der Waals surface area contributed by atoms with Crippen molar-refractivity contribution in [3.63, 3.8) is 0 Å². The molecule has 2 heterocycles. The lowest BCUT2D eigenvalue weighted by Crippen LogP contribution is -2.39. The Balaban J connectivity index is 1.51. The van der Waals surface area contributed by atoms with Gasteiger partial charge >= 0.3 is 6.03 Å². The molecule has 0 saturated carbocycles. The monoisotopic (exact) mass is 371 g/mol. The largest absolute Gasteiger partial charge is 0.377 e. The molecular weight excluding hydrogens is 349 g/mol. The molecule has 0 spiro atoms. The van der Waals surface area contributed by atoms with Crippen molar-refractivity contribution in [2.75, 3.05) is 44.6 Å². The van der Waals surface area contributed by atoms with Gasteiger partial charge in [-0.2, -0.15) is 0 Å². The van der Waals surface area contributed by atoms with Gasteiger partial charge in [-0.25, -0.2) is 4.79 Å². The Labute approximate surface area is 152 Å². The molecule has 132 valence electrons. The second-order valence-corrected chi connectivity index (χ2v) is 7.15. The van der Waals surface area contributed by atoms with Crippen LogP contribution in [0.4, 0.5) is 10.5 Å². The number of hydrogen-bond acceptors (Lipinski definition) is 3. The number of nitrogens with zero attached hydrogens (tertiary/aromatic N) is 2. The fourth-order valence-electron chi connectivity index (χ4n) is 3.21. The first kappa shape index (κ1) is 17.8. The topological polar surface area (TPSA) is 44.8 Å². The maximum Gasteiger partial charge on any atom is 0.321 e. The Morgan fingerprint density at radius 2 is 2.04 bits per heavy atom. The number of halogens is 2. The quantitative estimate of drug-likeness (QED) is 0.880. The van der Waals surface area contributed by atoms with Gasteiger partial charge in [0.2, 0.25) is 0 Å². The molecule has 2 saturated heterocycles. The maximum atomic E-state index is 12.5. The van der Waals surface area contributed by atoms with Crippen LogP contribution in [0.2, 0.25) is 10.0 Å². The molecule has 7 heteroatoms. The summed E-state index contributed by atoms with van der Waals surface area (Å²) in [5.74, 6) is 0. The van der Waals surface area contributed by atoms with E-state index in [-0.39, 0.29) is 6.03 Å². The summed E-state index contributed by atoms with van der Waals surface area (Å²) in [6.07, 6.45) is 3.65. The summed E-state index contributed by atoms with van der Waals surface area (Å²) in [6.45, 7) is 5.24. The lowest BCUT2D eigenvalue weighted by Gasteiger charge is -2.24. The van der Waals surface area contributed by atoms with E-state index >= 15 is 0 Å². The number of rotatable bonds is 3. The average Bonchev–Trinajstić information content (AvgIpc) is 2.95. The summed E-state index contributed by atoms with van der Waals surface area (Å²) in [4.78, 5) is 16.7. The third-order valence-corrected chi connectivity index (χ3v) is 5.27. The van der Waals surface area contributed by atoms with Crippen molar-refractivity contribution in [3.8, 4) is 0 Å². The molecule has 1 aromatic carbocycles. The Kier molecular flexibility index (Phi) is 6.22. The molecule has 3 rings (SSSR count). The van der Waals surface area contributed by atoms with E-state index in [0.717, 1.165) is 58.6 Å². The van der Waals surface area contributed by atoms with Crippen molar-refractivity contribution in [3.05, 3.63) is 28.2 Å². The van der Waals surface area contributed by atoms with Crippen LogP contribution in [0, 0.1) is 0 Å². The van der Waals surface area contributed by atoms with Crippen LogP contribution >= 0.6 is 23.2 Å². The van der Waals surface area contributed by atoms with E-state index in [1.807, 2.05) is 4.90 Å². The SMILES string of the molecule is O=C(Nc1ccc(Cl)c(Cl)c1)N1CCCN(C[C@@H]2CCCO2)CC1. The summed E-state index contributed by atoms with van der Waals surface area (Å²) < 4.78 is 5.71. The molecule has 0 unspecified atom stereocenters. The van der Waals surface area contributed by atoms with E-state index in [1.165, 1.54) is 0 Å². The molecule has 1 N–H and O–H groups in total. The Morgan fingerprint density at radius 1 is 1.17 bits per heavy atom. The summed E-state index contributed by atoms with van der Waals surface area (Å²) in [6, 6.07) is 5.02. The van der Waals surface area contributed by atoms with Crippen molar-refractivity contribution < 1.29 is 9.53 Å². The van der Waals surface area contributed by atoms with Crippen LogP contribution in [0.1, 0.15) is 19.3 Å². The standard InChI is InChI=1S/C17H23Cl2N3O2/c18-15-5-4-13(11-16(15)19)20-17(23)22-7-2-6-21(8-9-22)12-14-3-1-10-24-14/h4-5,11,14H,1-3,6-10,12H2,(H,20,23)/t14-/m0/s1. The van der Waals surface area contributed by atoms with Crippen LogP contribution in [0.25, 0.3) is 0 Å². The molecule has 0 radical (unpaired) electrons. The highest BCUT2D eigenvalue weighted by molar-refractivity contribution is 6.42. The van der Waals surface area contributed by atoms with Gasteiger partial charge in [0, 0.05) is 38.5 Å². The second-order valence-electron chi connectivity index (χ2n) is 6.34. The fraction of sp³-hybridized carbons (Fsp3) is 0.588. The normalized spacial score (nSPS) is 22.4. The number of urea groups is 1. The number of ether oxygens (including phenoxy) is 1. The lowest BCUT2D eigenvalue weighted by atomic mass is 10.2. The Hall–Kier alpha value is -1.01. The van der Waals surface area contributed by atoms with Gasteiger partial charge in [-0.05, 0) is 44.0 Å². The number of carbonyl (C=O) groups excluding carboxylic acids is 1. The molecule has 2 amide bonds. The molecule has 0 aromatic heterocycles. The minimum absolute atomic E-state index is 0.0904. The van der Waals surface area contributed by atoms with Gasteiger partial charge in [0.1, 0.15) is 0 Å². The third kappa shape index (κ3) is 4.76. The highest BCUT2D eigenvalue weighted by Gasteiger charge is 2.23. The number of anilines is 1. The first-order chi connectivity index (χ1) is 11.6. The maximum absolute atomic E-state index is 12.5. The summed E-state index contributed by atoms with van der Waals surface area (Å²) in [7, 11) is 0. The van der Waals surface area contributed by atoms with E-state index in [2.05, 4.69) is 10.2 Å². The fourth-order valence-corrected chi connectivity index (χ4v) is 3.51. The van der Waals surface area contributed by atoms with Gasteiger partial charge in [-0.15, -0.1) is 0 Å². The minimum atomic E-state index is -0.0904. The van der Waals surface area contributed by atoms with Gasteiger partial charge in [0.25, 0.3) is 0 Å². The van der Waals surface area contributed by atoms with E-state index < -0.39 is 0 Å². The molecule has 2 aliphatic rings. The van der Waals surface area contributed by atoms with Crippen LogP contribution in [-0.4, -0.2) is 61.3 Å². The molecule has 2 fully saturated rings. The van der Waals surface area contributed by atoms with Gasteiger partial charge in [-0.3, -0.25) is 4.90 Å². The highest BCUT2D eigenvalue weighted by atomic mass is 35.5. The van der Waals surface area contributed by atoms with E-state index in [0.29, 0.717) is 21.8 Å². The number of hydrogen-bond donors (Lipinski definition) is 1. The second kappa shape index (κ2) is 8.39. The first-order valence-electron chi connectivity index (χ1n) is 8.47. The molecule has 2 aliphatic heterocycles. The highest BCUT2D eigenvalue weighted by Crippen LogP contribution is 2.25. The van der Waals surface area contributed by atoms with Crippen LogP contribution in [0.5, 0.6) is 0 Å². The molecule has 1 atom stereocenters. The predicted octanol–water partition coefficient (Wildman–Crippen LogP) is 3.71. The number of amides is 2. The van der Waals surface area contributed by atoms with E-state index in [1.54, 1.807) is 18.2 Å². The lowest BCUT2D eigenvalue weighted by molar-refractivity contribution is 0.0747. The van der Waals surface area contributed by atoms with Crippen LogP contribution in [0.15, 0.2) is 18.2 Å². The first-order valence-corrected chi connectivity index (χ1v) is 9.22. The molecular formula is C17H23Cl2N3O2. The Morgan fingerprint density at radius 3 is 2.79 bits per heavy atom. The van der Waals surface area contributed by atoms with Gasteiger partial charge in [0.05, 0.1) is 16.1 Å². The number of nitrogens with one attached hydrogen (secondary N) is 1. The average molecular weight is 372 g/mol. The zero-order valence-electron chi connectivity index (χ0n) is 13.6. The molecule has 1 aromatic rings. The smallest absolute Gasteiger partial charge is 0.321 e. The Bertz CT molecular complexity index is 579. The van der Waals surface area contributed by atoms with Gasteiger partial charge in [-0.1, -0.05) is 23.2 Å². The number of benzene rings is 1. The van der Waals surface area contributed by atoms with Crippen molar-refractivity contribution in [1.82, 2.24) is 9.80 Å². The third-order valence-electron chi connectivity index (χ3n) is 4.53. The van der Waals surface area contributed by atoms with Crippen molar-refractivity contribution in [1.29, 1.82) is 0 Å². The molecule has 0 bridgehead atoms. The summed E-state index contributed by atoms with van der Waals surface area (Å²) in [5, 5.41) is 3.81. The molecule has 5 nitrogen and oxygen atoms in total. The van der Waals surface area contributed by atoms with E-state index in [4.69, 9.17) is 27.9 Å². The minimum Gasteiger partial charge on any atom is -0.377 e. The van der Waals surface area contributed by atoms with Gasteiger partial charge < -0.3 is 15.0 Å². The predicted molar refractivity (Wildman–Crippen MR) is 97.1 cm³/mol. The van der Waals surface area contributed by atoms with Crippen molar-refractivity contribution >= 4 is 34.9 Å².